The van der Waals surface area contributed by atoms with Crippen LogP contribution in [-0.4, -0.2) is 5.91 Å². The second-order valence-electron chi connectivity index (χ2n) is 5.50. The van der Waals surface area contributed by atoms with E-state index in [1.54, 1.807) is 0 Å². The van der Waals surface area contributed by atoms with Crippen molar-refractivity contribution in [3.8, 4) is 0 Å². The van der Waals surface area contributed by atoms with Crippen molar-refractivity contribution in [2.45, 2.75) is 40.0 Å². The fourth-order valence-corrected chi connectivity index (χ4v) is 2.25. The summed E-state index contributed by atoms with van der Waals surface area (Å²) >= 11 is 0. The van der Waals surface area contributed by atoms with E-state index in [-0.39, 0.29) is 11.8 Å². The van der Waals surface area contributed by atoms with Crippen LogP contribution in [0.2, 0.25) is 0 Å². The summed E-state index contributed by atoms with van der Waals surface area (Å²) in [4.78, 5) is 12.0. The van der Waals surface area contributed by atoms with Gasteiger partial charge in [-0.1, -0.05) is 39.0 Å². The molecule has 2 rings (SSSR count). The highest BCUT2D eigenvalue weighted by atomic mass is 16.2. The Morgan fingerprint density at radius 1 is 1.41 bits per heavy atom. The van der Waals surface area contributed by atoms with E-state index in [0.717, 1.165) is 17.7 Å². The van der Waals surface area contributed by atoms with E-state index in [9.17, 15) is 4.79 Å². The molecule has 1 amide bonds. The lowest BCUT2D eigenvalue weighted by Crippen LogP contribution is -2.17. The first-order valence-corrected chi connectivity index (χ1v) is 6.41. The van der Waals surface area contributed by atoms with Gasteiger partial charge in [-0.15, -0.1) is 0 Å². The average molecular weight is 231 g/mol. The molecular formula is C15H21NO. The van der Waals surface area contributed by atoms with Gasteiger partial charge in [0.1, 0.15) is 0 Å². The molecule has 1 saturated carbocycles. The van der Waals surface area contributed by atoms with Gasteiger partial charge < -0.3 is 5.32 Å². The van der Waals surface area contributed by atoms with E-state index < -0.39 is 0 Å². The van der Waals surface area contributed by atoms with Gasteiger partial charge in [-0.05, 0) is 36.3 Å². The molecule has 0 unspecified atom stereocenters. The molecular weight excluding hydrogens is 210 g/mol. The quantitative estimate of drug-likeness (QED) is 0.844. The van der Waals surface area contributed by atoms with Gasteiger partial charge in [0.05, 0.1) is 0 Å². The number of rotatable bonds is 3. The van der Waals surface area contributed by atoms with Crippen molar-refractivity contribution in [1.29, 1.82) is 0 Å². The highest BCUT2D eigenvalue weighted by Crippen LogP contribution is 2.39. The van der Waals surface area contributed by atoms with Crippen LogP contribution >= 0.6 is 0 Å². The number of carbonyl (C=O) groups is 1. The van der Waals surface area contributed by atoms with Crippen LogP contribution < -0.4 is 5.32 Å². The third kappa shape index (κ3) is 2.51. The summed E-state index contributed by atoms with van der Waals surface area (Å²) in [6.45, 7) is 8.50. The van der Waals surface area contributed by atoms with Crippen LogP contribution in [0, 0.1) is 18.8 Å². The molecule has 1 aliphatic rings. The zero-order valence-corrected chi connectivity index (χ0v) is 11.1. The Labute approximate surface area is 103 Å². The summed E-state index contributed by atoms with van der Waals surface area (Å²) in [5.74, 6) is 1.41. The zero-order valence-electron chi connectivity index (χ0n) is 11.1. The van der Waals surface area contributed by atoms with E-state index in [4.69, 9.17) is 0 Å². The molecule has 0 radical (unpaired) electrons. The number of nitrogens with one attached hydrogen (secondary N) is 1. The van der Waals surface area contributed by atoms with Crippen molar-refractivity contribution in [2.75, 3.05) is 5.32 Å². The first-order valence-electron chi connectivity index (χ1n) is 6.41. The number of aryl methyl sites for hydroxylation is 1. The van der Waals surface area contributed by atoms with Gasteiger partial charge in [-0.25, -0.2) is 0 Å². The number of amides is 1. The summed E-state index contributed by atoms with van der Waals surface area (Å²) in [5, 5.41) is 3.11. The van der Waals surface area contributed by atoms with E-state index in [1.165, 1.54) is 5.56 Å². The van der Waals surface area contributed by atoms with Crippen LogP contribution in [0.3, 0.4) is 0 Å². The SMILES string of the molecule is Cc1cccc(C(C)C)c1NC(=O)[C@@H]1C[C@H]1C. The van der Waals surface area contributed by atoms with Crippen molar-refractivity contribution in [3.05, 3.63) is 29.3 Å². The lowest BCUT2D eigenvalue weighted by molar-refractivity contribution is -0.117. The molecule has 0 heterocycles. The van der Waals surface area contributed by atoms with Crippen LogP contribution in [-0.2, 0) is 4.79 Å². The predicted octanol–water partition coefficient (Wildman–Crippen LogP) is 3.71. The summed E-state index contributed by atoms with van der Waals surface area (Å²) < 4.78 is 0. The molecule has 0 bridgehead atoms. The monoisotopic (exact) mass is 231 g/mol. The maximum Gasteiger partial charge on any atom is 0.227 e. The lowest BCUT2D eigenvalue weighted by atomic mass is 9.98. The molecule has 2 heteroatoms. The van der Waals surface area contributed by atoms with Crippen molar-refractivity contribution in [1.82, 2.24) is 0 Å². The maximum absolute atomic E-state index is 12.0. The molecule has 92 valence electrons. The number of benzene rings is 1. The largest absolute Gasteiger partial charge is 0.325 e. The smallest absolute Gasteiger partial charge is 0.227 e. The van der Waals surface area contributed by atoms with Gasteiger partial charge in [-0.3, -0.25) is 4.79 Å². The molecule has 17 heavy (non-hydrogen) atoms. The van der Waals surface area contributed by atoms with Gasteiger partial charge >= 0.3 is 0 Å². The average Bonchev–Trinajstić information content (AvgIpc) is 2.98. The topological polar surface area (TPSA) is 29.1 Å². The molecule has 2 nitrogen and oxygen atoms in total. The van der Waals surface area contributed by atoms with E-state index in [0.29, 0.717) is 11.8 Å². The Kier molecular flexibility index (Phi) is 3.23. The molecule has 0 spiro atoms. The van der Waals surface area contributed by atoms with Crippen molar-refractivity contribution in [2.24, 2.45) is 11.8 Å². The lowest BCUT2D eigenvalue weighted by Gasteiger charge is -2.16. The van der Waals surface area contributed by atoms with Crippen LogP contribution in [0.15, 0.2) is 18.2 Å². The number of anilines is 1. The van der Waals surface area contributed by atoms with Gasteiger partial charge in [0.25, 0.3) is 0 Å². The van der Waals surface area contributed by atoms with Gasteiger partial charge in [0.15, 0.2) is 0 Å². The summed E-state index contributed by atoms with van der Waals surface area (Å²) in [7, 11) is 0. The molecule has 2 atom stereocenters. The van der Waals surface area contributed by atoms with Crippen molar-refractivity contribution >= 4 is 11.6 Å². The summed E-state index contributed by atoms with van der Waals surface area (Å²) in [6.07, 6.45) is 1.04. The van der Waals surface area contributed by atoms with Crippen molar-refractivity contribution < 1.29 is 4.79 Å². The third-order valence-corrected chi connectivity index (χ3v) is 3.62. The minimum absolute atomic E-state index is 0.189. The molecule has 1 fully saturated rings. The number of para-hydroxylation sites is 1. The normalized spacial score (nSPS) is 22.6. The first-order chi connectivity index (χ1) is 8.00. The number of hydrogen-bond donors (Lipinski definition) is 1. The highest BCUT2D eigenvalue weighted by Gasteiger charge is 2.39. The second-order valence-corrected chi connectivity index (χ2v) is 5.50. The fourth-order valence-electron chi connectivity index (χ4n) is 2.25. The minimum Gasteiger partial charge on any atom is -0.325 e. The molecule has 0 saturated heterocycles. The highest BCUT2D eigenvalue weighted by molar-refractivity contribution is 5.95. The maximum atomic E-state index is 12.0. The van der Waals surface area contributed by atoms with E-state index >= 15 is 0 Å². The first kappa shape index (κ1) is 12.2. The van der Waals surface area contributed by atoms with Gasteiger partial charge in [-0.2, -0.15) is 0 Å². The van der Waals surface area contributed by atoms with Crippen LogP contribution in [0.4, 0.5) is 5.69 Å². The molecule has 1 aromatic rings. The van der Waals surface area contributed by atoms with Crippen molar-refractivity contribution in [3.63, 3.8) is 0 Å². The van der Waals surface area contributed by atoms with Crippen LogP contribution in [0.5, 0.6) is 0 Å². The standard InChI is InChI=1S/C15H21NO/c1-9(2)12-7-5-6-10(3)14(12)16-15(17)13-8-11(13)4/h5-7,9,11,13H,8H2,1-4H3,(H,16,17)/t11-,13-/m1/s1. The predicted molar refractivity (Wildman–Crippen MR) is 71.2 cm³/mol. The third-order valence-electron chi connectivity index (χ3n) is 3.62. The van der Waals surface area contributed by atoms with Gasteiger partial charge in [0.2, 0.25) is 5.91 Å². The van der Waals surface area contributed by atoms with Gasteiger partial charge in [0, 0.05) is 11.6 Å². The van der Waals surface area contributed by atoms with Crippen LogP contribution in [0.1, 0.15) is 44.2 Å². The Morgan fingerprint density at radius 3 is 2.59 bits per heavy atom. The van der Waals surface area contributed by atoms with Crippen LogP contribution in [0.25, 0.3) is 0 Å². The fraction of sp³-hybridized carbons (Fsp3) is 0.533. The Morgan fingerprint density at radius 2 is 2.06 bits per heavy atom. The molecule has 1 N–H and O–H groups in total. The van der Waals surface area contributed by atoms with E-state index in [2.05, 4.69) is 51.2 Å². The molecule has 0 aliphatic heterocycles. The second kappa shape index (κ2) is 4.52. The molecule has 0 aromatic heterocycles. The summed E-state index contributed by atoms with van der Waals surface area (Å²) in [5.41, 5.74) is 3.40. The molecule has 1 aromatic carbocycles. The number of carbonyl (C=O) groups excluding carboxylic acids is 1. The Bertz CT molecular complexity index is 437. The minimum atomic E-state index is 0.189. The number of hydrogen-bond acceptors (Lipinski definition) is 1. The summed E-state index contributed by atoms with van der Waals surface area (Å²) in [6, 6.07) is 6.21. The zero-order chi connectivity index (χ0) is 12.6. The Balaban J connectivity index is 2.22. The van der Waals surface area contributed by atoms with E-state index in [1.807, 2.05) is 0 Å². The Hall–Kier alpha value is -1.31. The molecule has 1 aliphatic carbocycles.